The minimum Gasteiger partial charge on any atom is -0.493 e. The third-order valence-electron chi connectivity index (χ3n) is 4.65. The Kier molecular flexibility index (Phi) is 3.50. The number of likely N-dealkylation sites (N-methyl/N-ethyl adjacent to an activating group) is 1. The molecule has 3 atom stereocenters. The molecule has 0 radical (unpaired) electrons. The van der Waals surface area contributed by atoms with Gasteiger partial charge >= 0.3 is 0 Å². The summed E-state index contributed by atoms with van der Waals surface area (Å²) >= 11 is 0. The van der Waals surface area contributed by atoms with Crippen LogP contribution in [-0.2, 0) is 6.42 Å². The van der Waals surface area contributed by atoms with Crippen LogP contribution in [0.3, 0.4) is 0 Å². The highest BCUT2D eigenvalue weighted by Gasteiger charge is 2.34. The van der Waals surface area contributed by atoms with Crippen LogP contribution in [-0.4, -0.2) is 31.6 Å². The minimum absolute atomic E-state index is 0.332. The zero-order valence-corrected chi connectivity index (χ0v) is 11.9. The van der Waals surface area contributed by atoms with Gasteiger partial charge in [-0.1, -0.05) is 19.1 Å². The molecule has 1 fully saturated rings. The van der Waals surface area contributed by atoms with E-state index in [-0.39, 0.29) is 0 Å². The van der Waals surface area contributed by atoms with Crippen molar-refractivity contribution in [2.24, 2.45) is 17.6 Å². The molecule has 0 saturated heterocycles. The molecule has 104 valence electrons. The molecule has 0 spiro atoms. The van der Waals surface area contributed by atoms with Gasteiger partial charge in [-0.2, -0.15) is 0 Å². The van der Waals surface area contributed by atoms with Crippen LogP contribution in [0.15, 0.2) is 18.2 Å². The Morgan fingerprint density at radius 3 is 2.95 bits per heavy atom. The van der Waals surface area contributed by atoms with Gasteiger partial charge in [-0.25, -0.2) is 0 Å². The van der Waals surface area contributed by atoms with Crippen molar-refractivity contribution >= 4 is 0 Å². The van der Waals surface area contributed by atoms with Crippen molar-refractivity contribution < 1.29 is 4.74 Å². The fourth-order valence-corrected chi connectivity index (χ4v) is 3.13. The van der Waals surface area contributed by atoms with E-state index in [1.807, 2.05) is 0 Å². The summed E-state index contributed by atoms with van der Waals surface area (Å²) in [5.41, 5.74) is 8.68. The molecule has 0 amide bonds. The molecule has 1 aliphatic heterocycles. The predicted octanol–water partition coefficient (Wildman–Crippen LogP) is 2.21. The predicted molar refractivity (Wildman–Crippen MR) is 77.3 cm³/mol. The number of fused-ring (bicyclic) bond motifs is 1. The second-order valence-corrected chi connectivity index (χ2v) is 6.13. The number of rotatable bonds is 5. The molecule has 0 aromatic heterocycles. The second kappa shape index (κ2) is 5.14. The van der Waals surface area contributed by atoms with Gasteiger partial charge in [0, 0.05) is 25.6 Å². The summed E-state index contributed by atoms with van der Waals surface area (Å²) in [6, 6.07) is 6.90. The van der Waals surface area contributed by atoms with E-state index in [1.54, 1.807) is 0 Å². The summed E-state index contributed by atoms with van der Waals surface area (Å²) in [6.07, 6.45) is 2.41. The van der Waals surface area contributed by atoms with Crippen LogP contribution in [0.5, 0.6) is 5.75 Å². The Hall–Kier alpha value is -1.06. The molecule has 3 rings (SSSR count). The van der Waals surface area contributed by atoms with E-state index in [4.69, 9.17) is 10.5 Å². The highest BCUT2D eigenvalue weighted by atomic mass is 16.5. The average molecular weight is 260 g/mol. The van der Waals surface area contributed by atoms with Crippen molar-refractivity contribution in [2.45, 2.75) is 25.8 Å². The fourth-order valence-electron chi connectivity index (χ4n) is 3.13. The maximum Gasteiger partial charge on any atom is 0.122 e. The molecule has 1 saturated carbocycles. The molecule has 3 unspecified atom stereocenters. The van der Waals surface area contributed by atoms with Gasteiger partial charge in [0.15, 0.2) is 0 Å². The summed E-state index contributed by atoms with van der Waals surface area (Å²) in [5, 5.41) is 0. The molecule has 1 aliphatic carbocycles. The molecular weight excluding hydrogens is 236 g/mol. The summed E-state index contributed by atoms with van der Waals surface area (Å²) < 4.78 is 5.57. The molecule has 2 aliphatic rings. The second-order valence-electron chi connectivity index (χ2n) is 6.13. The molecule has 1 aromatic carbocycles. The van der Waals surface area contributed by atoms with Crippen LogP contribution in [0.25, 0.3) is 0 Å². The van der Waals surface area contributed by atoms with E-state index in [1.165, 1.54) is 17.5 Å². The van der Waals surface area contributed by atoms with Crippen LogP contribution >= 0.6 is 0 Å². The van der Waals surface area contributed by atoms with Gasteiger partial charge in [-0.05, 0) is 42.5 Å². The van der Waals surface area contributed by atoms with Crippen LogP contribution < -0.4 is 10.5 Å². The summed E-state index contributed by atoms with van der Waals surface area (Å²) in [5.74, 6) is 2.82. The molecule has 1 heterocycles. The van der Waals surface area contributed by atoms with Crippen LogP contribution in [0, 0.1) is 11.8 Å². The minimum atomic E-state index is 0.332. The lowest BCUT2D eigenvalue weighted by Gasteiger charge is -2.27. The third kappa shape index (κ3) is 2.63. The van der Waals surface area contributed by atoms with Crippen LogP contribution in [0.4, 0.5) is 0 Å². The maximum atomic E-state index is 6.01. The molecule has 1 aromatic rings. The number of nitrogens with two attached hydrogens (primary N) is 1. The number of hydrogen-bond acceptors (Lipinski definition) is 3. The Morgan fingerprint density at radius 1 is 1.47 bits per heavy atom. The summed E-state index contributed by atoms with van der Waals surface area (Å²) in [4.78, 5) is 2.42. The van der Waals surface area contributed by atoms with Gasteiger partial charge < -0.3 is 10.5 Å². The number of ether oxygens (including phenoxy) is 1. The first-order valence-electron chi connectivity index (χ1n) is 7.35. The summed E-state index contributed by atoms with van der Waals surface area (Å²) in [6.45, 7) is 5.00. The monoisotopic (exact) mass is 260 g/mol. The van der Waals surface area contributed by atoms with E-state index in [2.05, 4.69) is 37.1 Å². The Balaban J connectivity index is 1.73. The van der Waals surface area contributed by atoms with E-state index >= 15 is 0 Å². The first kappa shape index (κ1) is 12.9. The Labute approximate surface area is 115 Å². The zero-order valence-electron chi connectivity index (χ0n) is 11.9. The number of nitrogens with zero attached hydrogens (tertiary/aromatic N) is 1. The van der Waals surface area contributed by atoms with Gasteiger partial charge in [-0.15, -0.1) is 0 Å². The number of hydrogen-bond donors (Lipinski definition) is 1. The molecular formula is C16H24N2O. The largest absolute Gasteiger partial charge is 0.493 e. The van der Waals surface area contributed by atoms with Gasteiger partial charge in [0.25, 0.3) is 0 Å². The smallest absolute Gasteiger partial charge is 0.122 e. The maximum absolute atomic E-state index is 6.01. The standard InChI is InChI=1S/C16H24N2O/c1-11-7-14(11)10-18(2)15(9-17)12-3-4-16-13(8-12)5-6-19-16/h3-4,8,11,14-15H,5-7,9-10,17H2,1-2H3. The summed E-state index contributed by atoms with van der Waals surface area (Å²) in [7, 11) is 2.20. The lowest BCUT2D eigenvalue weighted by atomic mass is 10.0. The van der Waals surface area contributed by atoms with Crippen molar-refractivity contribution in [2.75, 3.05) is 26.7 Å². The van der Waals surface area contributed by atoms with E-state index < -0.39 is 0 Å². The molecule has 3 nitrogen and oxygen atoms in total. The van der Waals surface area contributed by atoms with Gasteiger partial charge in [-0.3, -0.25) is 4.90 Å². The Bertz CT molecular complexity index is 460. The quantitative estimate of drug-likeness (QED) is 0.882. The van der Waals surface area contributed by atoms with E-state index in [0.29, 0.717) is 12.6 Å². The van der Waals surface area contributed by atoms with Crippen molar-refractivity contribution in [3.8, 4) is 5.75 Å². The van der Waals surface area contributed by atoms with Gasteiger partial charge in [0.05, 0.1) is 6.61 Å². The Morgan fingerprint density at radius 2 is 2.26 bits per heavy atom. The lowest BCUT2D eigenvalue weighted by Crippen LogP contribution is -2.32. The first-order valence-corrected chi connectivity index (χ1v) is 7.35. The van der Waals surface area contributed by atoms with E-state index in [0.717, 1.165) is 37.2 Å². The fraction of sp³-hybridized carbons (Fsp3) is 0.625. The SMILES string of the molecule is CC1CC1CN(C)C(CN)c1ccc2c(c1)CCO2. The topological polar surface area (TPSA) is 38.5 Å². The molecule has 3 heteroatoms. The van der Waals surface area contributed by atoms with Gasteiger partial charge in [0.2, 0.25) is 0 Å². The first-order chi connectivity index (χ1) is 9.19. The highest BCUT2D eigenvalue weighted by molar-refractivity contribution is 5.40. The normalized spacial score (nSPS) is 26.1. The third-order valence-corrected chi connectivity index (χ3v) is 4.65. The highest BCUT2D eigenvalue weighted by Crippen LogP contribution is 2.39. The van der Waals surface area contributed by atoms with Crippen molar-refractivity contribution in [1.29, 1.82) is 0 Å². The van der Waals surface area contributed by atoms with Crippen molar-refractivity contribution in [3.63, 3.8) is 0 Å². The average Bonchev–Trinajstić information content (AvgIpc) is 2.91. The van der Waals surface area contributed by atoms with Crippen LogP contribution in [0.1, 0.15) is 30.5 Å². The van der Waals surface area contributed by atoms with Crippen molar-refractivity contribution in [3.05, 3.63) is 29.3 Å². The molecule has 2 N–H and O–H groups in total. The molecule has 0 bridgehead atoms. The zero-order chi connectivity index (χ0) is 13.4. The lowest BCUT2D eigenvalue weighted by molar-refractivity contribution is 0.237. The van der Waals surface area contributed by atoms with Crippen molar-refractivity contribution in [1.82, 2.24) is 4.90 Å². The van der Waals surface area contributed by atoms with Crippen LogP contribution in [0.2, 0.25) is 0 Å². The molecule has 19 heavy (non-hydrogen) atoms. The van der Waals surface area contributed by atoms with Gasteiger partial charge in [0.1, 0.15) is 5.75 Å². The van der Waals surface area contributed by atoms with E-state index in [9.17, 15) is 0 Å². The number of benzene rings is 1.